The normalized spacial score (nSPS) is 11.9. The second-order valence-corrected chi connectivity index (χ2v) is 8.35. The lowest BCUT2D eigenvalue weighted by Gasteiger charge is -2.21. The van der Waals surface area contributed by atoms with Crippen molar-refractivity contribution in [2.24, 2.45) is 0 Å². The molecule has 0 amide bonds. The molecule has 1 aliphatic heterocycles. The number of carbonyl (C=O) groups excluding carboxylic acids is 2. The highest BCUT2D eigenvalue weighted by Crippen LogP contribution is 2.39. The first-order chi connectivity index (χ1) is 18.0. The van der Waals surface area contributed by atoms with Gasteiger partial charge in [-0.05, 0) is 90.7 Å². The van der Waals surface area contributed by atoms with Gasteiger partial charge in [0, 0.05) is 10.9 Å². The standard InChI is InChI=1S/C30H24O7/c1-18-26-17-19(29(31)36-22-11-7-20(33-2)8-12-22)6-15-24(26)28-25(5-4-16-35-28)27(18)30(32)37-23-13-9-21(34-3)10-14-23/h4-15,17H,16H2,1-3H3. The van der Waals surface area contributed by atoms with Crippen LogP contribution in [0.25, 0.3) is 16.8 Å². The fourth-order valence-corrected chi connectivity index (χ4v) is 4.26. The van der Waals surface area contributed by atoms with E-state index in [4.69, 9.17) is 23.7 Å². The van der Waals surface area contributed by atoms with E-state index in [-0.39, 0.29) is 0 Å². The number of carbonyl (C=O) groups is 2. The maximum Gasteiger partial charge on any atom is 0.344 e. The quantitative estimate of drug-likeness (QED) is 0.239. The van der Waals surface area contributed by atoms with Gasteiger partial charge in [-0.2, -0.15) is 0 Å². The maximum atomic E-state index is 13.4. The fourth-order valence-electron chi connectivity index (χ4n) is 4.26. The third-order valence-corrected chi connectivity index (χ3v) is 6.15. The van der Waals surface area contributed by atoms with Gasteiger partial charge in [-0.3, -0.25) is 0 Å². The summed E-state index contributed by atoms with van der Waals surface area (Å²) in [5.74, 6) is 1.62. The number of methoxy groups -OCH3 is 2. The highest BCUT2D eigenvalue weighted by Gasteiger charge is 2.25. The van der Waals surface area contributed by atoms with E-state index in [1.807, 2.05) is 25.1 Å². The summed E-state index contributed by atoms with van der Waals surface area (Å²) in [4.78, 5) is 26.3. The van der Waals surface area contributed by atoms with Crippen molar-refractivity contribution in [3.05, 3.63) is 95.1 Å². The van der Waals surface area contributed by atoms with Gasteiger partial charge in [-0.25, -0.2) is 9.59 Å². The number of hydrogen-bond donors (Lipinski definition) is 0. The zero-order valence-corrected chi connectivity index (χ0v) is 20.6. The lowest BCUT2D eigenvalue weighted by Crippen LogP contribution is -2.16. The lowest BCUT2D eigenvalue weighted by atomic mass is 9.91. The minimum Gasteiger partial charge on any atom is -0.497 e. The molecule has 0 saturated heterocycles. The molecule has 0 saturated carbocycles. The number of benzene rings is 4. The molecule has 0 aromatic heterocycles. The van der Waals surface area contributed by atoms with Gasteiger partial charge in [0.25, 0.3) is 0 Å². The van der Waals surface area contributed by atoms with Crippen LogP contribution in [-0.2, 0) is 0 Å². The largest absolute Gasteiger partial charge is 0.497 e. The van der Waals surface area contributed by atoms with Crippen LogP contribution in [0.1, 0.15) is 31.8 Å². The van der Waals surface area contributed by atoms with Crippen LogP contribution in [-0.4, -0.2) is 32.8 Å². The highest BCUT2D eigenvalue weighted by atomic mass is 16.5. The Morgan fingerprint density at radius 1 is 0.730 bits per heavy atom. The van der Waals surface area contributed by atoms with Gasteiger partial charge in [-0.15, -0.1) is 0 Å². The number of rotatable bonds is 6. The lowest BCUT2D eigenvalue weighted by molar-refractivity contribution is 0.0725. The molecule has 186 valence electrons. The average molecular weight is 497 g/mol. The van der Waals surface area contributed by atoms with E-state index in [0.717, 1.165) is 5.39 Å². The summed E-state index contributed by atoms with van der Waals surface area (Å²) in [6, 6.07) is 18.7. The van der Waals surface area contributed by atoms with E-state index in [9.17, 15) is 9.59 Å². The Morgan fingerprint density at radius 3 is 1.89 bits per heavy atom. The Morgan fingerprint density at radius 2 is 1.30 bits per heavy atom. The zero-order valence-electron chi connectivity index (χ0n) is 20.6. The molecule has 0 unspecified atom stereocenters. The average Bonchev–Trinajstić information content (AvgIpc) is 2.94. The molecule has 7 heteroatoms. The SMILES string of the molecule is COc1ccc(OC(=O)c2ccc3c4c(c(C(=O)Oc5ccc(OC)cc5)c(C)c3c2)C=CCO4)cc1. The molecule has 4 aromatic carbocycles. The van der Waals surface area contributed by atoms with Gasteiger partial charge in [0.05, 0.1) is 25.3 Å². The van der Waals surface area contributed by atoms with Crippen molar-refractivity contribution in [2.75, 3.05) is 20.8 Å². The van der Waals surface area contributed by atoms with Crippen LogP contribution in [0, 0.1) is 6.92 Å². The Kier molecular flexibility index (Phi) is 6.51. The van der Waals surface area contributed by atoms with Crippen molar-refractivity contribution in [1.82, 2.24) is 0 Å². The summed E-state index contributed by atoms with van der Waals surface area (Å²) in [6.07, 6.45) is 3.71. The van der Waals surface area contributed by atoms with Gasteiger partial charge in [-0.1, -0.05) is 6.08 Å². The van der Waals surface area contributed by atoms with Crippen LogP contribution in [0.3, 0.4) is 0 Å². The molecular formula is C30H24O7. The molecule has 0 spiro atoms. The van der Waals surface area contributed by atoms with E-state index < -0.39 is 11.9 Å². The summed E-state index contributed by atoms with van der Waals surface area (Å²) < 4.78 is 27.5. The summed E-state index contributed by atoms with van der Waals surface area (Å²) in [7, 11) is 3.14. The van der Waals surface area contributed by atoms with Gasteiger partial charge in [0.2, 0.25) is 0 Å². The van der Waals surface area contributed by atoms with Crippen molar-refractivity contribution in [2.45, 2.75) is 6.92 Å². The van der Waals surface area contributed by atoms with Crippen LogP contribution >= 0.6 is 0 Å². The highest BCUT2D eigenvalue weighted by molar-refractivity contribution is 6.08. The van der Waals surface area contributed by atoms with Crippen molar-refractivity contribution in [3.8, 4) is 28.7 Å². The molecule has 5 rings (SSSR count). The predicted octanol–water partition coefficient (Wildman–Crippen LogP) is 6.01. The van der Waals surface area contributed by atoms with Crippen LogP contribution in [0.15, 0.2) is 72.8 Å². The molecule has 1 heterocycles. The van der Waals surface area contributed by atoms with Crippen LogP contribution < -0.4 is 23.7 Å². The fraction of sp³-hybridized carbons (Fsp3) is 0.133. The van der Waals surface area contributed by atoms with E-state index >= 15 is 0 Å². The Labute approximate surface area is 213 Å². The summed E-state index contributed by atoms with van der Waals surface area (Å²) >= 11 is 0. The van der Waals surface area contributed by atoms with Gasteiger partial charge in [0.15, 0.2) is 0 Å². The minimum atomic E-state index is -0.526. The summed E-state index contributed by atoms with van der Waals surface area (Å²) in [5, 5.41) is 1.48. The summed E-state index contributed by atoms with van der Waals surface area (Å²) in [5.41, 5.74) is 2.02. The third kappa shape index (κ3) is 4.71. The second kappa shape index (κ2) is 10.1. The van der Waals surface area contributed by atoms with Gasteiger partial charge in [0.1, 0.15) is 35.4 Å². The van der Waals surface area contributed by atoms with Crippen molar-refractivity contribution in [3.63, 3.8) is 0 Å². The van der Waals surface area contributed by atoms with Gasteiger partial charge < -0.3 is 23.7 Å². The molecule has 7 nitrogen and oxygen atoms in total. The smallest absolute Gasteiger partial charge is 0.344 e. The molecule has 0 aliphatic carbocycles. The van der Waals surface area contributed by atoms with Crippen LogP contribution in [0.5, 0.6) is 28.7 Å². The van der Waals surface area contributed by atoms with Crippen molar-refractivity contribution < 1.29 is 33.3 Å². The number of esters is 2. The Balaban J connectivity index is 1.52. The number of fused-ring (bicyclic) bond motifs is 3. The summed E-state index contributed by atoms with van der Waals surface area (Å²) in [6.45, 7) is 2.20. The van der Waals surface area contributed by atoms with Crippen molar-refractivity contribution >= 4 is 28.8 Å². The van der Waals surface area contributed by atoms with E-state index in [1.54, 1.807) is 74.9 Å². The Bertz CT molecular complexity index is 1520. The molecular weight excluding hydrogens is 472 g/mol. The Hall–Kier alpha value is -4.78. The molecule has 0 radical (unpaired) electrons. The first-order valence-corrected chi connectivity index (χ1v) is 11.6. The van der Waals surface area contributed by atoms with Crippen LogP contribution in [0.4, 0.5) is 0 Å². The number of hydrogen-bond acceptors (Lipinski definition) is 7. The molecule has 0 N–H and O–H groups in total. The monoisotopic (exact) mass is 496 g/mol. The third-order valence-electron chi connectivity index (χ3n) is 6.15. The molecule has 0 atom stereocenters. The molecule has 0 bridgehead atoms. The predicted molar refractivity (Wildman–Crippen MR) is 139 cm³/mol. The molecule has 0 fully saturated rings. The first kappa shape index (κ1) is 23.9. The first-order valence-electron chi connectivity index (χ1n) is 11.6. The maximum absolute atomic E-state index is 13.4. The van der Waals surface area contributed by atoms with Crippen molar-refractivity contribution in [1.29, 1.82) is 0 Å². The topological polar surface area (TPSA) is 80.3 Å². The van der Waals surface area contributed by atoms with Crippen LogP contribution in [0.2, 0.25) is 0 Å². The number of ether oxygens (including phenoxy) is 5. The van der Waals surface area contributed by atoms with E-state index in [0.29, 0.717) is 63.0 Å². The minimum absolute atomic E-state index is 0.340. The zero-order chi connectivity index (χ0) is 25.9. The molecule has 37 heavy (non-hydrogen) atoms. The van der Waals surface area contributed by atoms with E-state index in [2.05, 4.69) is 0 Å². The molecule has 4 aromatic rings. The number of aryl methyl sites for hydroxylation is 1. The van der Waals surface area contributed by atoms with E-state index in [1.165, 1.54) is 0 Å². The van der Waals surface area contributed by atoms with Gasteiger partial charge >= 0.3 is 11.9 Å². The molecule has 1 aliphatic rings. The second-order valence-electron chi connectivity index (χ2n) is 8.35.